The van der Waals surface area contributed by atoms with E-state index in [1.165, 1.54) is 11.5 Å². The first-order valence-corrected chi connectivity index (χ1v) is 7.19. The summed E-state index contributed by atoms with van der Waals surface area (Å²) in [6, 6.07) is 0. The van der Waals surface area contributed by atoms with Gasteiger partial charge in [0.15, 0.2) is 4.34 Å². The van der Waals surface area contributed by atoms with Crippen molar-refractivity contribution in [2.45, 2.75) is 37.4 Å². The molecule has 0 aliphatic heterocycles. The number of unbranched alkanes of at least 4 members (excludes halogenated alkanes) is 1. The van der Waals surface area contributed by atoms with E-state index in [9.17, 15) is 0 Å². The van der Waals surface area contributed by atoms with Crippen molar-refractivity contribution in [3.63, 3.8) is 0 Å². The number of rotatable bonds is 7. The monoisotopic (exact) mass is 274 g/mol. The zero-order chi connectivity index (χ0) is 12.7. The molecule has 0 amide bonds. The van der Waals surface area contributed by atoms with Crippen LogP contribution in [0.25, 0.3) is 0 Å². The Morgan fingerprint density at radius 2 is 2.35 bits per heavy atom. The number of thioether (sulfide) groups is 1. The molecule has 0 radical (unpaired) electrons. The normalized spacial score (nSPS) is 12.9. The molecule has 0 aliphatic rings. The van der Waals surface area contributed by atoms with E-state index in [2.05, 4.69) is 14.5 Å². The van der Waals surface area contributed by atoms with Gasteiger partial charge in [-0.2, -0.15) is 4.37 Å². The standard InChI is InChI=1S/C10H18N4OS2/c1-10(2,8(11)14-15)5-3-4-6-16-9-12-7-13-17-9/h7,15H,3-6H2,1-2H3,(H2,11,14). The number of hydrogen-bond donors (Lipinski definition) is 2. The van der Waals surface area contributed by atoms with E-state index in [0.29, 0.717) is 5.84 Å². The van der Waals surface area contributed by atoms with Crippen LogP contribution in [0.15, 0.2) is 15.8 Å². The maximum Gasteiger partial charge on any atom is 0.169 e. The first-order valence-electron chi connectivity index (χ1n) is 5.44. The molecule has 96 valence electrons. The Morgan fingerprint density at radius 1 is 1.59 bits per heavy atom. The van der Waals surface area contributed by atoms with Gasteiger partial charge in [0, 0.05) is 11.2 Å². The summed E-state index contributed by atoms with van der Waals surface area (Å²) in [6.45, 7) is 3.97. The zero-order valence-corrected chi connectivity index (χ0v) is 11.7. The molecule has 0 atom stereocenters. The van der Waals surface area contributed by atoms with Crippen LogP contribution in [0.2, 0.25) is 0 Å². The van der Waals surface area contributed by atoms with Crippen LogP contribution in [0, 0.1) is 5.41 Å². The highest BCUT2D eigenvalue weighted by Crippen LogP contribution is 2.25. The average molecular weight is 274 g/mol. The van der Waals surface area contributed by atoms with Gasteiger partial charge < -0.3 is 10.9 Å². The quantitative estimate of drug-likeness (QED) is 0.199. The summed E-state index contributed by atoms with van der Waals surface area (Å²) in [7, 11) is 0. The van der Waals surface area contributed by atoms with Crippen LogP contribution in [0.5, 0.6) is 0 Å². The Hall–Kier alpha value is -0.820. The summed E-state index contributed by atoms with van der Waals surface area (Å²) >= 11 is 3.15. The number of nitrogens with zero attached hydrogens (tertiary/aromatic N) is 3. The van der Waals surface area contributed by atoms with Crippen molar-refractivity contribution in [3.05, 3.63) is 6.33 Å². The molecular weight excluding hydrogens is 256 g/mol. The third-order valence-corrected chi connectivity index (χ3v) is 4.45. The minimum absolute atomic E-state index is 0.234. The number of nitrogens with two attached hydrogens (primary N) is 1. The first kappa shape index (κ1) is 14.2. The molecule has 1 heterocycles. The molecule has 0 unspecified atom stereocenters. The molecule has 1 aromatic rings. The number of oxime groups is 1. The zero-order valence-electron chi connectivity index (χ0n) is 10.1. The molecule has 0 saturated heterocycles. The predicted molar refractivity (Wildman–Crippen MR) is 71.7 cm³/mol. The molecule has 5 nitrogen and oxygen atoms in total. The van der Waals surface area contributed by atoms with Crippen LogP contribution in [-0.2, 0) is 0 Å². The molecule has 0 saturated carbocycles. The Balaban J connectivity index is 2.16. The van der Waals surface area contributed by atoms with Gasteiger partial charge in [-0.15, -0.1) is 0 Å². The molecule has 1 rings (SSSR count). The van der Waals surface area contributed by atoms with E-state index in [4.69, 9.17) is 10.9 Å². The van der Waals surface area contributed by atoms with Gasteiger partial charge in [-0.25, -0.2) is 4.98 Å². The van der Waals surface area contributed by atoms with Gasteiger partial charge in [0.1, 0.15) is 12.2 Å². The lowest BCUT2D eigenvalue weighted by Crippen LogP contribution is -2.31. The summed E-state index contributed by atoms with van der Waals surface area (Å²) in [5.41, 5.74) is 5.39. The topological polar surface area (TPSA) is 84.4 Å². The Kier molecular flexibility index (Phi) is 5.70. The van der Waals surface area contributed by atoms with E-state index in [-0.39, 0.29) is 5.41 Å². The molecule has 17 heavy (non-hydrogen) atoms. The minimum Gasteiger partial charge on any atom is -0.409 e. The highest BCUT2D eigenvalue weighted by Gasteiger charge is 2.22. The highest BCUT2D eigenvalue weighted by atomic mass is 32.2. The Labute approximate surface area is 110 Å². The van der Waals surface area contributed by atoms with Crippen molar-refractivity contribution in [1.29, 1.82) is 0 Å². The smallest absolute Gasteiger partial charge is 0.169 e. The van der Waals surface area contributed by atoms with Gasteiger partial charge in [0.05, 0.1) is 0 Å². The molecular formula is C10H18N4OS2. The number of hydrogen-bond acceptors (Lipinski definition) is 6. The molecule has 0 spiro atoms. The van der Waals surface area contributed by atoms with Crippen LogP contribution in [0.1, 0.15) is 33.1 Å². The van der Waals surface area contributed by atoms with E-state index in [0.717, 1.165) is 29.4 Å². The van der Waals surface area contributed by atoms with Crippen molar-refractivity contribution >= 4 is 29.1 Å². The van der Waals surface area contributed by atoms with Gasteiger partial charge in [-0.1, -0.05) is 37.2 Å². The second-order valence-corrected chi connectivity index (χ2v) is 6.50. The molecule has 7 heteroatoms. The lowest BCUT2D eigenvalue weighted by molar-refractivity contribution is 0.304. The van der Waals surface area contributed by atoms with Gasteiger partial charge in [0.25, 0.3) is 0 Å². The fraction of sp³-hybridized carbons (Fsp3) is 0.700. The molecule has 3 N–H and O–H groups in total. The fourth-order valence-electron chi connectivity index (χ4n) is 1.32. The largest absolute Gasteiger partial charge is 0.409 e. The summed E-state index contributed by atoms with van der Waals surface area (Å²) < 4.78 is 4.96. The van der Waals surface area contributed by atoms with Crippen molar-refractivity contribution < 1.29 is 5.21 Å². The van der Waals surface area contributed by atoms with E-state index in [1.54, 1.807) is 18.1 Å². The van der Waals surface area contributed by atoms with Crippen molar-refractivity contribution in [2.24, 2.45) is 16.3 Å². The van der Waals surface area contributed by atoms with Gasteiger partial charge in [0.2, 0.25) is 0 Å². The molecule has 0 aromatic carbocycles. The average Bonchev–Trinajstić information content (AvgIpc) is 2.80. The van der Waals surface area contributed by atoms with Gasteiger partial charge in [-0.3, -0.25) is 0 Å². The number of aromatic nitrogens is 2. The van der Waals surface area contributed by atoms with Crippen LogP contribution in [-0.4, -0.2) is 26.2 Å². The van der Waals surface area contributed by atoms with E-state index in [1.807, 2.05) is 13.8 Å². The van der Waals surface area contributed by atoms with Crippen molar-refractivity contribution in [2.75, 3.05) is 5.75 Å². The maximum absolute atomic E-state index is 8.64. The van der Waals surface area contributed by atoms with Crippen LogP contribution < -0.4 is 5.73 Å². The first-order chi connectivity index (χ1) is 8.06. The van der Waals surface area contributed by atoms with Crippen molar-refractivity contribution in [1.82, 2.24) is 9.36 Å². The minimum atomic E-state index is -0.234. The molecule has 0 fully saturated rings. The van der Waals surface area contributed by atoms with Crippen molar-refractivity contribution in [3.8, 4) is 0 Å². The summed E-state index contributed by atoms with van der Waals surface area (Å²) in [6.07, 6.45) is 4.63. The third kappa shape index (κ3) is 4.91. The predicted octanol–water partition coefficient (Wildman–Crippen LogP) is 2.57. The fourth-order valence-corrected chi connectivity index (χ4v) is 2.83. The Morgan fingerprint density at radius 3 is 2.94 bits per heavy atom. The second kappa shape index (κ2) is 6.80. The van der Waals surface area contributed by atoms with Gasteiger partial charge in [-0.05, 0) is 24.4 Å². The molecule has 0 bridgehead atoms. The van der Waals surface area contributed by atoms with Gasteiger partial charge >= 0.3 is 0 Å². The van der Waals surface area contributed by atoms with E-state index >= 15 is 0 Å². The lowest BCUT2D eigenvalue weighted by atomic mass is 9.86. The lowest BCUT2D eigenvalue weighted by Gasteiger charge is -2.22. The van der Waals surface area contributed by atoms with E-state index < -0.39 is 0 Å². The maximum atomic E-state index is 8.64. The van der Waals surface area contributed by atoms with Crippen LogP contribution >= 0.6 is 23.3 Å². The van der Waals surface area contributed by atoms with Crippen LogP contribution in [0.4, 0.5) is 0 Å². The third-order valence-electron chi connectivity index (χ3n) is 2.56. The summed E-state index contributed by atoms with van der Waals surface area (Å²) in [4.78, 5) is 4.10. The SMILES string of the molecule is CC(C)(CCCCSc1ncns1)C(N)=NO. The second-order valence-electron chi connectivity index (χ2n) is 4.38. The summed E-state index contributed by atoms with van der Waals surface area (Å²) in [5.74, 6) is 1.33. The highest BCUT2D eigenvalue weighted by molar-refractivity contribution is 8.00. The van der Waals surface area contributed by atoms with Crippen LogP contribution in [0.3, 0.4) is 0 Å². The Bertz CT molecular complexity index is 351. The molecule has 0 aliphatic carbocycles. The summed E-state index contributed by atoms with van der Waals surface area (Å²) in [5, 5.41) is 11.7. The molecule has 1 aromatic heterocycles. The number of amidine groups is 1.